The molecule has 140 valence electrons. The molecule has 0 N–H and O–H groups in total. The molecule has 0 fully saturated rings. The average molecular weight is 447 g/mol. The summed E-state index contributed by atoms with van der Waals surface area (Å²) in [5, 5.41) is 8.00. The Morgan fingerprint density at radius 1 is 0.633 bits per heavy atom. The molecule has 0 bridgehead atoms. The number of hydrogen-bond acceptors (Lipinski definition) is 1. The molecule has 3 heteroatoms. The van der Waals surface area contributed by atoms with Gasteiger partial charge in [-0.05, 0) is 0 Å². The molecule has 0 saturated heterocycles. The normalized spacial score (nSPS) is 12.0. The molecule has 7 aromatic rings. The van der Waals surface area contributed by atoms with Crippen molar-refractivity contribution in [3.05, 3.63) is 97.3 Å². The SMILES string of the molecule is c1ccc(-n2c3ccccc3c3c4ccncc4c4[se]c5ccccc5c4c32)cc1. The molecule has 0 aliphatic heterocycles. The van der Waals surface area contributed by atoms with Crippen molar-refractivity contribution in [2.45, 2.75) is 0 Å². The first kappa shape index (κ1) is 16.4. The molecule has 0 spiro atoms. The zero-order valence-electron chi connectivity index (χ0n) is 16.0. The van der Waals surface area contributed by atoms with Crippen LogP contribution in [0.2, 0.25) is 0 Å². The van der Waals surface area contributed by atoms with Crippen LogP contribution in [-0.4, -0.2) is 24.1 Å². The fraction of sp³-hybridized carbons (Fsp3) is 0. The predicted octanol–water partition coefficient (Wildman–Crippen LogP) is 6.70. The average Bonchev–Trinajstić information content (AvgIpc) is 3.36. The second-order valence-corrected chi connectivity index (χ2v) is 9.84. The van der Waals surface area contributed by atoms with Gasteiger partial charge in [0, 0.05) is 0 Å². The van der Waals surface area contributed by atoms with Crippen LogP contribution in [0.4, 0.5) is 0 Å². The molecule has 7 rings (SSSR count). The van der Waals surface area contributed by atoms with E-state index in [1.54, 1.807) is 0 Å². The van der Waals surface area contributed by atoms with Crippen molar-refractivity contribution in [2.24, 2.45) is 0 Å². The molecular weight excluding hydrogens is 431 g/mol. The zero-order valence-corrected chi connectivity index (χ0v) is 17.8. The Morgan fingerprint density at radius 3 is 2.30 bits per heavy atom. The standard InChI is InChI=1S/C27H16N2Se/c1-2-8-17(9-3-1)29-22-12-6-4-10-19(22)24-18-14-15-28-16-21(18)27-25(26(24)29)20-11-5-7-13-23(20)30-27/h1-16H. The molecule has 4 aromatic carbocycles. The minimum absolute atomic E-state index is 0.277. The minimum atomic E-state index is 0.277. The van der Waals surface area contributed by atoms with E-state index in [9.17, 15) is 0 Å². The molecule has 2 nitrogen and oxygen atoms in total. The summed E-state index contributed by atoms with van der Waals surface area (Å²) in [6.45, 7) is 0. The predicted molar refractivity (Wildman–Crippen MR) is 128 cm³/mol. The number of pyridine rings is 1. The van der Waals surface area contributed by atoms with Gasteiger partial charge in [0.2, 0.25) is 0 Å². The first-order chi connectivity index (χ1) is 14.9. The fourth-order valence-electron chi connectivity index (χ4n) is 4.86. The van der Waals surface area contributed by atoms with Crippen molar-refractivity contribution in [2.75, 3.05) is 0 Å². The van der Waals surface area contributed by atoms with Crippen LogP contribution in [0.1, 0.15) is 0 Å². The molecule has 30 heavy (non-hydrogen) atoms. The third-order valence-corrected chi connectivity index (χ3v) is 8.58. The van der Waals surface area contributed by atoms with Gasteiger partial charge in [-0.2, -0.15) is 0 Å². The Morgan fingerprint density at radius 2 is 1.40 bits per heavy atom. The first-order valence-corrected chi connectivity index (χ1v) is 11.8. The Kier molecular flexibility index (Phi) is 3.31. The van der Waals surface area contributed by atoms with Crippen LogP contribution in [0, 0.1) is 0 Å². The van der Waals surface area contributed by atoms with Crippen molar-refractivity contribution in [1.82, 2.24) is 9.55 Å². The van der Waals surface area contributed by atoms with Crippen LogP contribution in [0.3, 0.4) is 0 Å². The number of hydrogen-bond donors (Lipinski definition) is 0. The number of para-hydroxylation sites is 2. The summed E-state index contributed by atoms with van der Waals surface area (Å²) in [6.07, 6.45) is 3.99. The van der Waals surface area contributed by atoms with Gasteiger partial charge in [-0.1, -0.05) is 0 Å². The maximum atomic E-state index is 4.51. The van der Waals surface area contributed by atoms with Crippen molar-refractivity contribution in [3.8, 4) is 5.69 Å². The Hall–Kier alpha value is -3.39. The van der Waals surface area contributed by atoms with E-state index in [0.717, 1.165) is 0 Å². The van der Waals surface area contributed by atoms with Gasteiger partial charge in [0.05, 0.1) is 0 Å². The van der Waals surface area contributed by atoms with E-state index in [1.165, 1.54) is 57.6 Å². The number of rotatable bonds is 1. The van der Waals surface area contributed by atoms with Crippen molar-refractivity contribution in [3.63, 3.8) is 0 Å². The summed E-state index contributed by atoms with van der Waals surface area (Å²) < 4.78 is 5.38. The molecule has 0 aliphatic rings. The Labute approximate surface area is 178 Å². The summed E-state index contributed by atoms with van der Waals surface area (Å²) in [4.78, 5) is 4.51. The van der Waals surface area contributed by atoms with E-state index in [1.807, 2.05) is 6.20 Å². The van der Waals surface area contributed by atoms with E-state index >= 15 is 0 Å². The summed E-state index contributed by atoms with van der Waals surface area (Å²) in [5.74, 6) is 0. The van der Waals surface area contributed by atoms with Gasteiger partial charge in [-0.15, -0.1) is 0 Å². The van der Waals surface area contributed by atoms with Crippen LogP contribution >= 0.6 is 0 Å². The quantitative estimate of drug-likeness (QED) is 0.256. The molecule has 0 unspecified atom stereocenters. The molecular formula is C27H16N2Se. The number of benzene rings is 4. The fourth-order valence-corrected chi connectivity index (χ4v) is 7.43. The third-order valence-electron chi connectivity index (χ3n) is 6.06. The van der Waals surface area contributed by atoms with E-state index in [-0.39, 0.29) is 14.5 Å². The van der Waals surface area contributed by atoms with Gasteiger partial charge in [0.25, 0.3) is 0 Å². The van der Waals surface area contributed by atoms with E-state index in [0.29, 0.717) is 0 Å². The summed E-state index contributed by atoms with van der Waals surface area (Å²) in [5.41, 5.74) is 3.78. The Balaban J connectivity index is 1.91. The maximum absolute atomic E-state index is 4.51. The molecule has 3 aromatic heterocycles. The molecule has 0 atom stereocenters. The molecule has 0 saturated carbocycles. The van der Waals surface area contributed by atoms with Crippen LogP contribution in [0.15, 0.2) is 97.3 Å². The van der Waals surface area contributed by atoms with Crippen LogP contribution in [0.5, 0.6) is 0 Å². The monoisotopic (exact) mass is 448 g/mol. The van der Waals surface area contributed by atoms with Crippen LogP contribution in [-0.2, 0) is 0 Å². The second kappa shape index (κ2) is 6.06. The van der Waals surface area contributed by atoms with Crippen molar-refractivity contribution < 1.29 is 0 Å². The van der Waals surface area contributed by atoms with Gasteiger partial charge < -0.3 is 0 Å². The van der Waals surface area contributed by atoms with E-state index < -0.39 is 0 Å². The topological polar surface area (TPSA) is 17.8 Å². The Bertz CT molecular complexity index is 1740. The van der Waals surface area contributed by atoms with Crippen LogP contribution < -0.4 is 0 Å². The zero-order chi connectivity index (χ0) is 19.7. The summed E-state index contributed by atoms with van der Waals surface area (Å²) >= 11 is 0.277. The van der Waals surface area contributed by atoms with E-state index in [2.05, 4.69) is 101 Å². The summed E-state index contributed by atoms with van der Waals surface area (Å²) in [6, 6.07) is 30.6. The van der Waals surface area contributed by atoms with Gasteiger partial charge in [0.15, 0.2) is 0 Å². The van der Waals surface area contributed by atoms with Crippen molar-refractivity contribution >= 4 is 66.4 Å². The first-order valence-electron chi connectivity index (χ1n) is 10.1. The molecule has 0 amide bonds. The number of aromatic nitrogens is 2. The van der Waals surface area contributed by atoms with Crippen molar-refractivity contribution in [1.29, 1.82) is 0 Å². The second-order valence-electron chi connectivity index (χ2n) is 7.64. The van der Waals surface area contributed by atoms with Crippen LogP contribution in [0.25, 0.3) is 57.6 Å². The molecule has 0 radical (unpaired) electrons. The summed E-state index contributed by atoms with van der Waals surface area (Å²) in [7, 11) is 0. The number of fused-ring (bicyclic) bond motifs is 10. The number of nitrogens with zero attached hydrogens (tertiary/aromatic N) is 2. The molecule has 0 aliphatic carbocycles. The van der Waals surface area contributed by atoms with E-state index in [4.69, 9.17) is 0 Å². The van der Waals surface area contributed by atoms with Gasteiger partial charge in [-0.3, -0.25) is 0 Å². The van der Waals surface area contributed by atoms with Gasteiger partial charge in [-0.25, -0.2) is 0 Å². The van der Waals surface area contributed by atoms with Gasteiger partial charge in [0.1, 0.15) is 0 Å². The van der Waals surface area contributed by atoms with Gasteiger partial charge >= 0.3 is 179 Å². The molecule has 3 heterocycles. The third kappa shape index (κ3) is 2.06.